The first-order valence-electron chi connectivity index (χ1n) is 7.43. The van der Waals surface area contributed by atoms with E-state index in [2.05, 4.69) is 0 Å². The second kappa shape index (κ2) is 7.00. The van der Waals surface area contributed by atoms with E-state index in [9.17, 15) is 14.5 Å². The molecular weight excluding hydrogens is 325 g/mol. The van der Waals surface area contributed by atoms with Crippen LogP contribution in [-0.2, 0) is 0 Å². The van der Waals surface area contributed by atoms with Crippen LogP contribution in [0.4, 0.5) is 10.1 Å². The van der Waals surface area contributed by atoms with Crippen molar-refractivity contribution < 1.29 is 18.8 Å². The topological polar surface area (TPSA) is 61.6 Å². The fraction of sp³-hybridized carbons (Fsp3) is 0.0526. The summed E-state index contributed by atoms with van der Waals surface area (Å²) in [5.41, 5.74) is 1.28. The summed E-state index contributed by atoms with van der Waals surface area (Å²) in [6.07, 6.45) is 0. The average molecular weight is 339 g/mol. The molecule has 0 aliphatic carbocycles. The minimum atomic E-state index is -0.450. The Balaban J connectivity index is 1.99. The molecule has 0 N–H and O–H groups in total. The van der Waals surface area contributed by atoms with E-state index in [0.717, 1.165) is 0 Å². The summed E-state index contributed by atoms with van der Waals surface area (Å²) in [7, 11) is 1.52. The Morgan fingerprint density at radius 2 is 1.68 bits per heavy atom. The Hall–Kier alpha value is -3.41. The van der Waals surface area contributed by atoms with Crippen LogP contribution in [0.3, 0.4) is 0 Å². The highest BCUT2D eigenvalue weighted by Crippen LogP contribution is 2.36. The molecule has 3 rings (SSSR count). The summed E-state index contributed by atoms with van der Waals surface area (Å²) in [5.74, 6) is 1.21. The number of nitro groups is 1. The highest BCUT2D eigenvalue weighted by Gasteiger charge is 2.12. The number of halogens is 1. The zero-order valence-electron chi connectivity index (χ0n) is 13.3. The molecule has 0 aliphatic rings. The lowest BCUT2D eigenvalue weighted by Gasteiger charge is -2.12. The van der Waals surface area contributed by atoms with Crippen molar-refractivity contribution in [3.8, 4) is 28.4 Å². The molecule has 0 atom stereocenters. The summed E-state index contributed by atoms with van der Waals surface area (Å²) >= 11 is 0. The van der Waals surface area contributed by atoms with Gasteiger partial charge in [-0.3, -0.25) is 10.1 Å². The lowest BCUT2D eigenvalue weighted by Crippen LogP contribution is -1.92. The number of hydrogen-bond donors (Lipinski definition) is 0. The van der Waals surface area contributed by atoms with Crippen LogP contribution in [0.25, 0.3) is 11.1 Å². The molecule has 3 aromatic carbocycles. The first kappa shape index (κ1) is 16.4. The van der Waals surface area contributed by atoms with Crippen LogP contribution in [-0.4, -0.2) is 12.0 Å². The molecule has 0 heterocycles. The Morgan fingerprint density at radius 3 is 2.36 bits per heavy atom. The Labute approximate surface area is 143 Å². The predicted octanol–water partition coefficient (Wildman–Crippen LogP) is 5.20. The Morgan fingerprint density at radius 1 is 0.960 bits per heavy atom. The molecular formula is C19H14FNO4. The van der Waals surface area contributed by atoms with Crippen molar-refractivity contribution in [1.29, 1.82) is 0 Å². The number of benzene rings is 3. The number of ether oxygens (including phenoxy) is 2. The Bertz CT molecular complexity index is 910. The third-order valence-corrected chi connectivity index (χ3v) is 3.59. The molecule has 0 saturated carbocycles. The van der Waals surface area contributed by atoms with Crippen molar-refractivity contribution in [3.63, 3.8) is 0 Å². The van der Waals surface area contributed by atoms with Gasteiger partial charge >= 0.3 is 0 Å². The van der Waals surface area contributed by atoms with Gasteiger partial charge in [-0.1, -0.05) is 12.1 Å². The highest BCUT2D eigenvalue weighted by molar-refractivity contribution is 5.73. The summed E-state index contributed by atoms with van der Waals surface area (Å²) in [6.45, 7) is 0. The van der Waals surface area contributed by atoms with E-state index in [4.69, 9.17) is 9.47 Å². The second-order valence-electron chi connectivity index (χ2n) is 5.23. The number of rotatable bonds is 5. The third kappa shape index (κ3) is 3.74. The third-order valence-electron chi connectivity index (χ3n) is 3.59. The number of nitrogens with zero attached hydrogens (tertiary/aromatic N) is 1. The Kier molecular flexibility index (Phi) is 4.61. The zero-order valence-corrected chi connectivity index (χ0v) is 13.3. The molecule has 0 unspecified atom stereocenters. The molecule has 0 aliphatic heterocycles. The van der Waals surface area contributed by atoms with Gasteiger partial charge in [-0.25, -0.2) is 4.39 Å². The van der Waals surface area contributed by atoms with E-state index in [1.54, 1.807) is 30.3 Å². The van der Waals surface area contributed by atoms with Gasteiger partial charge < -0.3 is 9.47 Å². The molecule has 0 aromatic heterocycles. The van der Waals surface area contributed by atoms with Crippen molar-refractivity contribution in [2.75, 3.05) is 7.11 Å². The monoisotopic (exact) mass is 339 g/mol. The van der Waals surface area contributed by atoms with Gasteiger partial charge in [-0.15, -0.1) is 0 Å². The molecule has 0 radical (unpaired) electrons. The van der Waals surface area contributed by atoms with Gasteiger partial charge in [0.05, 0.1) is 12.0 Å². The maximum Gasteiger partial charge on any atom is 0.270 e. The standard InChI is InChI=1S/C19H14FNO4/c1-24-19-10-9-17(25-16-7-5-14(20)6-8-16)12-18(19)13-3-2-4-15(11-13)21(22)23/h2-12H,1H3. The quantitative estimate of drug-likeness (QED) is 0.473. The lowest BCUT2D eigenvalue weighted by molar-refractivity contribution is -0.384. The van der Waals surface area contributed by atoms with Gasteiger partial charge in [0.25, 0.3) is 5.69 Å². The van der Waals surface area contributed by atoms with Crippen LogP contribution in [0, 0.1) is 15.9 Å². The van der Waals surface area contributed by atoms with Crippen LogP contribution >= 0.6 is 0 Å². The largest absolute Gasteiger partial charge is 0.496 e. The number of nitro benzene ring substituents is 1. The minimum Gasteiger partial charge on any atom is -0.496 e. The fourth-order valence-electron chi connectivity index (χ4n) is 2.40. The van der Waals surface area contributed by atoms with Gasteiger partial charge in [-0.2, -0.15) is 0 Å². The van der Waals surface area contributed by atoms with Gasteiger partial charge in [0.2, 0.25) is 0 Å². The number of non-ortho nitro benzene ring substituents is 1. The van der Waals surface area contributed by atoms with Gasteiger partial charge in [0, 0.05) is 17.7 Å². The predicted molar refractivity (Wildman–Crippen MR) is 91.6 cm³/mol. The lowest BCUT2D eigenvalue weighted by atomic mass is 10.0. The van der Waals surface area contributed by atoms with Crippen LogP contribution < -0.4 is 9.47 Å². The van der Waals surface area contributed by atoms with Gasteiger partial charge in [-0.05, 0) is 48.0 Å². The first-order valence-corrected chi connectivity index (χ1v) is 7.43. The van der Waals surface area contributed by atoms with Crippen molar-refractivity contribution in [2.45, 2.75) is 0 Å². The second-order valence-corrected chi connectivity index (χ2v) is 5.23. The van der Waals surface area contributed by atoms with E-state index in [0.29, 0.717) is 28.4 Å². The van der Waals surface area contributed by atoms with E-state index in [-0.39, 0.29) is 11.5 Å². The maximum atomic E-state index is 13.0. The minimum absolute atomic E-state index is 0.00981. The molecule has 6 heteroatoms. The first-order chi connectivity index (χ1) is 12.1. The fourth-order valence-corrected chi connectivity index (χ4v) is 2.40. The van der Waals surface area contributed by atoms with Crippen LogP contribution in [0.1, 0.15) is 0 Å². The summed E-state index contributed by atoms with van der Waals surface area (Å²) in [5, 5.41) is 11.0. The molecule has 5 nitrogen and oxygen atoms in total. The van der Waals surface area contributed by atoms with Crippen LogP contribution in [0.2, 0.25) is 0 Å². The average Bonchev–Trinajstić information content (AvgIpc) is 2.63. The molecule has 25 heavy (non-hydrogen) atoms. The summed E-state index contributed by atoms with van der Waals surface area (Å²) in [6, 6.07) is 17.1. The molecule has 126 valence electrons. The van der Waals surface area contributed by atoms with E-state index in [1.807, 2.05) is 0 Å². The smallest absolute Gasteiger partial charge is 0.270 e. The van der Waals surface area contributed by atoms with Crippen molar-refractivity contribution in [1.82, 2.24) is 0 Å². The maximum absolute atomic E-state index is 13.0. The zero-order chi connectivity index (χ0) is 17.8. The van der Waals surface area contributed by atoms with Crippen LogP contribution in [0.15, 0.2) is 66.7 Å². The normalized spacial score (nSPS) is 10.3. The number of methoxy groups -OCH3 is 1. The van der Waals surface area contributed by atoms with E-state index >= 15 is 0 Å². The van der Waals surface area contributed by atoms with Crippen molar-refractivity contribution in [2.24, 2.45) is 0 Å². The summed E-state index contributed by atoms with van der Waals surface area (Å²) < 4.78 is 24.0. The van der Waals surface area contributed by atoms with Crippen LogP contribution in [0.5, 0.6) is 17.2 Å². The molecule has 0 amide bonds. The molecule has 0 bridgehead atoms. The molecule has 0 saturated heterocycles. The molecule has 0 spiro atoms. The molecule has 3 aromatic rings. The highest BCUT2D eigenvalue weighted by atomic mass is 19.1. The van der Waals surface area contributed by atoms with Crippen molar-refractivity contribution in [3.05, 3.63) is 82.7 Å². The number of hydrogen-bond acceptors (Lipinski definition) is 4. The van der Waals surface area contributed by atoms with Gasteiger partial charge in [0.15, 0.2) is 0 Å². The van der Waals surface area contributed by atoms with Crippen molar-refractivity contribution >= 4 is 5.69 Å². The molecule has 0 fully saturated rings. The van der Waals surface area contributed by atoms with E-state index in [1.165, 1.54) is 43.5 Å². The van der Waals surface area contributed by atoms with Gasteiger partial charge in [0.1, 0.15) is 23.1 Å². The summed E-state index contributed by atoms with van der Waals surface area (Å²) in [4.78, 5) is 10.5. The van der Waals surface area contributed by atoms with E-state index < -0.39 is 4.92 Å². The SMILES string of the molecule is COc1ccc(Oc2ccc(F)cc2)cc1-c1cccc([N+](=O)[O-])c1.